The van der Waals surface area contributed by atoms with E-state index >= 15 is 0 Å². The fourth-order valence-electron chi connectivity index (χ4n) is 5.20. The highest BCUT2D eigenvalue weighted by Crippen LogP contribution is 2.36. The Labute approximate surface area is 198 Å². The minimum absolute atomic E-state index is 0.00820. The number of aryl methyl sites for hydroxylation is 2. The molecule has 2 aromatic rings. The van der Waals surface area contributed by atoms with Gasteiger partial charge in [0.05, 0.1) is 11.1 Å². The van der Waals surface area contributed by atoms with Gasteiger partial charge in [0.1, 0.15) is 10.9 Å². The largest absolute Gasteiger partial charge is 0.461 e. The molecule has 174 valence electrons. The number of hydrogen-bond donors (Lipinski definition) is 0. The lowest BCUT2D eigenvalue weighted by Crippen LogP contribution is -2.36. The number of allylic oxidation sites excluding steroid dienone is 1. The van der Waals surface area contributed by atoms with E-state index in [-0.39, 0.29) is 23.4 Å². The zero-order valence-electron chi connectivity index (χ0n) is 19.4. The second kappa shape index (κ2) is 10.1. The molecule has 7 heteroatoms. The zero-order chi connectivity index (χ0) is 22.8. The number of nitrogens with zero attached hydrogens (tertiary/aromatic N) is 2. The Bertz CT molecular complexity index is 1060. The second-order valence-corrected chi connectivity index (χ2v) is 11.7. The van der Waals surface area contributed by atoms with Gasteiger partial charge in [0.25, 0.3) is 5.56 Å². The molecule has 2 aromatic heterocycles. The monoisotopic (exact) mass is 474 g/mol. The Balaban J connectivity index is 1.53. The summed E-state index contributed by atoms with van der Waals surface area (Å²) in [6.45, 7) is 10.9. The molecule has 4 rings (SSSR count). The van der Waals surface area contributed by atoms with E-state index in [0.29, 0.717) is 29.5 Å². The van der Waals surface area contributed by atoms with E-state index in [0.717, 1.165) is 42.3 Å². The highest BCUT2D eigenvalue weighted by Gasteiger charge is 2.33. The predicted molar refractivity (Wildman–Crippen MR) is 133 cm³/mol. The van der Waals surface area contributed by atoms with Crippen molar-refractivity contribution < 1.29 is 9.53 Å². The molecule has 5 nitrogen and oxygen atoms in total. The second-order valence-electron chi connectivity index (χ2n) is 9.63. The summed E-state index contributed by atoms with van der Waals surface area (Å²) in [5, 5.41) is 1.35. The number of ether oxygens (including phenoxy) is 1. The number of carbonyl (C=O) groups excluding carboxylic acids is 1. The number of thioether (sulfide) groups is 1. The molecule has 2 heterocycles. The van der Waals surface area contributed by atoms with Gasteiger partial charge in [0.2, 0.25) is 0 Å². The van der Waals surface area contributed by atoms with Crippen molar-refractivity contribution in [2.75, 3.05) is 5.75 Å². The highest BCUT2D eigenvalue weighted by atomic mass is 32.2. The van der Waals surface area contributed by atoms with Gasteiger partial charge in [-0.05, 0) is 61.8 Å². The van der Waals surface area contributed by atoms with Crippen LogP contribution in [-0.4, -0.2) is 27.4 Å². The lowest BCUT2D eigenvalue weighted by molar-refractivity contribution is -0.152. The normalized spacial score (nSPS) is 23.3. The van der Waals surface area contributed by atoms with Crippen molar-refractivity contribution in [3.8, 4) is 0 Å². The van der Waals surface area contributed by atoms with Gasteiger partial charge in [-0.1, -0.05) is 45.0 Å². The summed E-state index contributed by atoms with van der Waals surface area (Å²) in [6.07, 6.45) is 9.24. The quantitative estimate of drug-likeness (QED) is 0.226. The Morgan fingerprint density at radius 1 is 1.34 bits per heavy atom. The van der Waals surface area contributed by atoms with Gasteiger partial charge < -0.3 is 4.74 Å². The molecule has 2 aliphatic rings. The minimum atomic E-state index is -0.218. The van der Waals surface area contributed by atoms with E-state index in [1.165, 1.54) is 35.0 Å². The van der Waals surface area contributed by atoms with Gasteiger partial charge in [-0.3, -0.25) is 14.2 Å². The van der Waals surface area contributed by atoms with E-state index in [2.05, 4.69) is 27.4 Å². The molecule has 0 spiro atoms. The molecule has 0 saturated heterocycles. The molecule has 2 aliphatic carbocycles. The summed E-state index contributed by atoms with van der Waals surface area (Å²) in [5.74, 6) is 1.45. The summed E-state index contributed by atoms with van der Waals surface area (Å²) in [5.41, 5.74) is 1.18. The molecule has 0 N–H and O–H groups in total. The molecule has 0 bridgehead atoms. The molecule has 3 atom stereocenters. The van der Waals surface area contributed by atoms with E-state index in [4.69, 9.17) is 9.72 Å². The van der Waals surface area contributed by atoms with Crippen LogP contribution in [0.5, 0.6) is 0 Å². The lowest BCUT2D eigenvalue weighted by atomic mass is 9.75. The van der Waals surface area contributed by atoms with Crippen LogP contribution < -0.4 is 5.56 Å². The molecule has 1 saturated carbocycles. The summed E-state index contributed by atoms with van der Waals surface area (Å²) in [7, 11) is 0. The molecule has 0 aromatic carbocycles. The van der Waals surface area contributed by atoms with Crippen LogP contribution in [0.2, 0.25) is 0 Å². The lowest BCUT2D eigenvalue weighted by Gasteiger charge is -2.36. The third-order valence-electron chi connectivity index (χ3n) is 6.91. The first kappa shape index (κ1) is 23.6. The van der Waals surface area contributed by atoms with Crippen LogP contribution in [0.4, 0.5) is 0 Å². The summed E-state index contributed by atoms with van der Waals surface area (Å²) in [4.78, 5) is 33.0. The molecular formula is C25H34N2O3S2. The summed E-state index contributed by atoms with van der Waals surface area (Å²) < 4.78 is 7.61. The van der Waals surface area contributed by atoms with E-state index < -0.39 is 0 Å². The third-order valence-corrected chi connectivity index (χ3v) is 9.05. The number of fused-ring (bicyclic) bond motifs is 3. The van der Waals surface area contributed by atoms with Crippen LogP contribution >= 0.6 is 23.1 Å². The van der Waals surface area contributed by atoms with Gasteiger partial charge in [0, 0.05) is 11.4 Å². The standard InChI is InChI=1S/C25H34N2O3S2/c1-5-12-27-24(29)22-18-8-6-7-9-20(18)32-23(22)26-25(27)31-14-21(28)30-19-13-16(4)10-11-17(19)15(2)3/h5,15-17,19H,1,6-14H2,2-4H3/t16-,17-,19+/m0/s1. The van der Waals surface area contributed by atoms with E-state index in [1.54, 1.807) is 22.0 Å². The fraction of sp³-hybridized carbons (Fsp3) is 0.640. The number of carbonyl (C=O) groups is 1. The first-order valence-corrected chi connectivity index (χ1v) is 13.7. The van der Waals surface area contributed by atoms with Crippen molar-refractivity contribution in [2.45, 2.75) is 83.5 Å². The minimum Gasteiger partial charge on any atom is -0.461 e. The van der Waals surface area contributed by atoms with Crippen molar-refractivity contribution in [2.24, 2.45) is 17.8 Å². The molecule has 0 amide bonds. The van der Waals surface area contributed by atoms with Crippen LogP contribution in [0.3, 0.4) is 0 Å². The Morgan fingerprint density at radius 3 is 2.88 bits per heavy atom. The molecule has 0 aliphatic heterocycles. The smallest absolute Gasteiger partial charge is 0.316 e. The molecular weight excluding hydrogens is 440 g/mol. The third kappa shape index (κ3) is 4.84. The van der Waals surface area contributed by atoms with Crippen molar-refractivity contribution in [3.63, 3.8) is 0 Å². The Hall–Kier alpha value is -1.60. The number of aromatic nitrogens is 2. The van der Waals surface area contributed by atoms with Crippen LogP contribution in [-0.2, 0) is 28.9 Å². The predicted octanol–water partition coefficient (Wildman–Crippen LogP) is 5.62. The molecule has 0 unspecified atom stereocenters. The first-order chi connectivity index (χ1) is 15.4. The van der Waals surface area contributed by atoms with Gasteiger partial charge in [0.15, 0.2) is 5.16 Å². The van der Waals surface area contributed by atoms with Gasteiger partial charge in [-0.15, -0.1) is 17.9 Å². The highest BCUT2D eigenvalue weighted by molar-refractivity contribution is 7.99. The number of rotatable bonds is 7. The van der Waals surface area contributed by atoms with Gasteiger partial charge in [-0.2, -0.15) is 0 Å². The zero-order valence-corrected chi connectivity index (χ0v) is 21.0. The first-order valence-electron chi connectivity index (χ1n) is 11.9. The number of esters is 1. The van der Waals surface area contributed by atoms with Gasteiger partial charge in [-0.25, -0.2) is 4.98 Å². The maximum Gasteiger partial charge on any atom is 0.316 e. The molecule has 0 radical (unpaired) electrons. The SMILES string of the molecule is C=CCn1c(SCC(=O)O[C@@H]2C[C@@H](C)CC[C@H]2C(C)C)nc2sc3c(c2c1=O)CCCC3. The maximum atomic E-state index is 13.3. The maximum absolute atomic E-state index is 13.3. The van der Waals surface area contributed by atoms with Crippen LogP contribution in [0.1, 0.15) is 63.3 Å². The number of hydrogen-bond acceptors (Lipinski definition) is 6. The summed E-state index contributed by atoms with van der Waals surface area (Å²) in [6, 6.07) is 0. The Kier molecular flexibility index (Phi) is 7.45. The van der Waals surface area contributed by atoms with Crippen LogP contribution in [0.15, 0.2) is 22.6 Å². The molecule has 1 fully saturated rings. The number of thiophene rings is 1. The van der Waals surface area contributed by atoms with Crippen molar-refractivity contribution in [1.82, 2.24) is 9.55 Å². The van der Waals surface area contributed by atoms with Gasteiger partial charge >= 0.3 is 5.97 Å². The average molecular weight is 475 g/mol. The average Bonchev–Trinajstić information content (AvgIpc) is 3.13. The molecule has 32 heavy (non-hydrogen) atoms. The van der Waals surface area contributed by atoms with E-state index in [1.807, 2.05) is 0 Å². The van der Waals surface area contributed by atoms with Crippen LogP contribution in [0, 0.1) is 17.8 Å². The summed E-state index contributed by atoms with van der Waals surface area (Å²) >= 11 is 2.95. The topological polar surface area (TPSA) is 61.2 Å². The van der Waals surface area contributed by atoms with Crippen molar-refractivity contribution in [3.05, 3.63) is 33.4 Å². The van der Waals surface area contributed by atoms with Crippen LogP contribution in [0.25, 0.3) is 10.2 Å². The van der Waals surface area contributed by atoms with E-state index in [9.17, 15) is 9.59 Å². The Morgan fingerprint density at radius 2 is 2.12 bits per heavy atom. The van der Waals surface area contributed by atoms with Crippen molar-refractivity contribution in [1.29, 1.82) is 0 Å². The fourth-order valence-corrected chi connectivity index (χ4v) is 7.29. The van der Waals surface area contributed by atoms with Crippen molar-refractivity contribution >= 4 is 39.3 Å².